The second kappa shape index (κ2) is 7.32. The standard InChI is InChI=1S/C20H24N8O/c1-26-24-19(23-25-26)15-2-3-18-16(12-15)17(13-22-18)14-4-7-27(8-5-14)10-11-28-9-6-21-20(28)29/h2-4,12-13,22H,5-11H2,1H3,(H,21,29). The highest BCUT2D eigenvalue weighted by Gasteiger charge is 2.21. The largest absolute Gasteiger partial charge is 0.361 e. The van der Waals surface area contributed by atoms with Crippen LogP contribution in [0.3, 0.4) is 0 Å². The number of nitrogens with zero attached hydrogens (tertiary/aromatic N) is 6. The molecule has 0 aliphatic carbocycles. The minimum Gasteiger partial charge on any atom is -0.361 e. The molecule has 1 fully saturated rings. The van der Waals surface area contributed by atoms with Crippen molar-refractivity contribution in [2.75, 3.05) is 39.3 Å². The van der Waals surface area contributed by atoms with Gasteiger partial charge in [0.2, 0.25) is 5.82 Å². The van der Waals surface area contributed by atoms with Crippen molar-refractivity contribution < 1.29 is 4.79 Å². The summed E-state index contributed by atoms with van der Waals surface area (Å²) in [4.78, 5) is 20.8. The van der Waals surface area contributed by atoms with Crippen molar-refractivity contribution in [2.24, 2.45) is 7.05 Å². The molecule has 0 atom stereocenters. The maximum absolute atomic E-state index is 11.7. The van der Waals surface area contributed by atoms with E-state index in [9.17, 15) is 4.79 Å². The summed E-state index contributed by atoms with van der Waals surface area (Å²) in [5.41, 5.74) is 4.67. The first-order valence-corrected chi connectivity index (χ1v) is 9.97. The Morgan fingerprint density at radius 1 is 1.21 bits per heavy atom. The molecule has 29 heavy (non-hydrogen) atoms. The average molecular weight is 392 g/mol. The highest BCUT2D eigenvalue weighted by molar-refractivity contribution is 5.95. The molecule has 1 aromatic carbocycles. The zero-order chi connectivity index (χ0) is 19.8. The van der Waals surface area contributed by atoms with E-state index < -0.39 is 0 Å². The number of nitrogens with one attached hydrogen (secondary N) is 2. The topological polar surface area (TPSA) is 95.0 Å². The fourth-order valence-electron chi connectivity index (χ4n) is 4.07. The third-order valence-corrected chi connectivity index (χ3v) is 5.72. The molecule has 0 unspecified atom stereocenters. The summed E-state index contributed by atoms with van der Waals surface area (Å²) in [5.74, 6) is 0.635. The van der Waals surface area contributed by atoms with Crippen LogP contribution in [0.5, 0.6) is 0 Å². The summed E-state index contributed by atoms with van der Waals surface area (Å²) in [5, 5.41) is 16.4. The van der Waals surface area contributed by atoms with Gasteiger partial charge in [-0.1, -0.05) is 6.08 Å². The molecule has 2 N–H and O–H groups in total. The maximum atomic E-state index is 11.7. The molecule has 2 aromatic heterocycles. The molecule has 9 nitrogen and oxygen atoms in total. The second-order valence-electron chi connectivity index (χ2n) is 7.56. The fourth-order valence-corrected chi connectivity index (χ4v) is 4.07. The van der Waals surface area contributed by atoms with E-state index in [1.165, 1.54) is 21.3 Å². The van der Waals surface area contributed by atoms with Crippen LogP contribution in [0, 0.1) is 0 Å². The molecule has 3 aromatic rings. The van der Waals surface area contributed by atoms with Crippen molar-refractivity contribution >= 4 is 22.5 Å². The van der Waals surface area contributed by atoms with Crippen LogP contribution < -0.4 is 5.32 Å². The maximum Gasteiger partial charge on any atom is 0.317 e. The van der Waals surface area contributed by atoms with Gasteiger partial charge in [-0.05, 0) is 35.4 Å². The van der Waals surface area contributed by atoms with Gasteiger partial charge in [-0.15, -0.1) is 10.2 Å². The Hall–Kier alpha value is -3.20. The number of benzene rings is 1. The Balaban J connectivity index is 1.32. The lowest BCUT2D eigenvalue weighted by molar-refractivity contribution is 0.205. The lowest BCUT2D eigenvalue weighted by Crippen LogP contribution is -2.38. The summed E-state index contributed by atoms with van der Waals surface area (Å²) < 4.78 is 0. The van der Waals surface area contributed by atoms with Gasteiger partial charge in [-0.25, -0.2) is 4.79 Å². The van der Waals surface area contributed by atoms with Gasteiger partial charge in [0, 0.05) is 67.5 Å². The molecular weight excluding hydrogens is 368 g/mol. The van der Waals surface area contributed by atoms with Crippen LogP contribution >= 0.6 is 0 Å². The van der Waals surface area contributed by atoms with Gasteiger partial charge in [-0.3, -0.25) is 4.90 Å². The summed E-state index contributed by atoms with van der Waals surface area (Å²) in [6, 6.07) is 6.29. The molecule has 2 aliphatic rings. The minimum atomic E-state index is 0.0606. The Morgan fingerprint density at radius 2 is 2.14 bits per heavy atom. The number of aromatic nitrogens is 5. The summed E-state index contributed by atoms with van der Waals surface area (Å²) >= 11 is 0. The van der Waals surface area contributed by atoms with Crippen molar-refractivity contribution in [3.05, 3.63) is 36.0 Å². The number of rotatable bonds is 5. The molecule has 4 heterocycles. The van der Waals surface area contributed by atoms with E-state index >= 15 is 0 Å². The molecule has 0 saturated carbocycles. The molecule has 0 spiro atoms. The summed E-state index contributed by atoms with van der Waals surface area (Å²) in [7, 11) is 1.77. The van der Waals surface area contributed by atoms with E-state index in [0.29, 0.717) is 5.82 Å². The number of amides is 2. The van der Waals surface area contributed by atoms with Crippen LogP contribution in [0.15, 0.2) is 30.5 Å². The van der Waals surface area contributed by atoms with Gasteiger partial charge in [0.15, 0.2) is 0 Å². The number of H-pyrrole nitrogens is 1. The molecular formula is C20H24N8O. The number of carbonyl (C=O) groups excluding carboxylic acids is 1. The van der Waals surface area contributed by atoms with E-state index in [2.05, 4.69) is 55.0 Å². The first-order chi connectivity index (χ1) is 14.2. The third kappa shape index (κ3) is 3.49. The first-order valence-electron chi connectivity index (χ1n) is 9.97. The predicted molar refractivity (Wildman–Crippen MR) is 110 cm³/mol. The van der Waals surface area contributed by atoms with E-state index in [1.807, 2.05) is 11.0 Å². The van der Waals surface area contributed by atoms with Crippen molar-refractivity contribution in [1.82, 2.24) is 40.3 Å². The molecule has 150 valence electrons. The van der Waals surface area contributed by atoms with Crippen LogP contribution in [0.4, 0.5) is 4.79 Å². The van der Waals surface area contributed by atoms with Gasteiger partial charge >= 0.3 is 6.03 Å². The van der Waals surface area contributed by atoms with Crippen LogP contribution in [0.2, 0.25) is 0 Å². The normalized spacial score (nSPS) is 17.8. The van der Waals surface area contributed by atoms with E-state index in [4.69, 9.17) is 0 Å². The molecule has 1 saturated heterocycles. The lowest BCUT2D eigenvalue weighted by Gasteiger charge is -2.28. The number of aryl methyl sites for hydroxylation is 1. The van der Waals surface area contributed by atoms with Gasteiger partial charge in [0.05, 0.1) is 7.05 Å². The smallest absolute Gasteiger partial charge is 0.317 e. The molecule has 2 amide bonds. The van der Waals surface area contributed by atoms with E-state index in [1.54, 1.807) is 7.05 Å². The van der Waals surface area contributed by atoms with Crippen LogP contribution in [0.25, 0.3) is 27.9 Å². The Labute approximate surface area is 168 Å². The highest BCUT2D eigenvalue weighted by atomic mass is 16.2. The van der Waals surface area contributed by atoms with Crippen molar-refractivity contribution in [1.29, 1.82) is 0 Å². The number of urea groups is 1. The molecule has 9 heteroatoms. The molecule has 0 radical (unpaired) electrons. The molecule has 0 bridgehead atoms. The third-order valence-electron chi connectivity index (χ3n) is 5.72. The van der Waals surface area contributed by atoms with Gasteiger partial charge in [-0.2, -0.15) is 4.80 Å². The highest BCUT2D eigenvalue weighted by Crippen LogP contribution is 2.31. The SMILES string of the molecule is Cn1nnc(-c2ccc3[nH]cc(C4=CCN(CCN5CCNC5=O)CC4)c3c2)n1. The van der Waals surface area contributed by atoms with Crippen LogP contribution in [-0.2, 0) is 7.05 Å². The van der Waals surface area contributed by atoms with Crippen molar-refractivity contribution in [2.45, 2.75) is 6.42 Å². The van der Waals surface area contributed by atoms with E-state index in [0.717, 1.165) is 56.8 Å². The monoisotopic (exact) mass is 392 g/mol. The Kier molecular flexibility index (Phi) is 4.51. The fraction of sp³-hybridized carbons (Fsp3) is 0.400. The second-order valence-corrected chi connectivity index (χ2v) is 7.56. The van der Waals surface area contributed by atoms with Crippen molar-refractivity contribution in [3.63, 3.8) is 0 Å². The number of hydrogen-bond donors (Lipinski definition) is 2. The number of tetrazole rings is 1. The number of carbonyl (C=O) groups is 1. The Bertz CT molecular complexity index is 1080. The van der Waals surface area contributed by atoms with Gasteiger partial charge in [0.1, 0.15) is 0 Å². The lowest BCUT2D eigenvalue weighted by atomic mass is 9.98. The number of hydrogen-bond acceptors (Lipinski definition) is 5. The molecule has 5 rings (SSSR count). The van der Waals surface area contributed by atoms with Gasteiger partial charge < -0.3 is 15.2 Å². The van der Waals surface area contributed by atoms with Crippen LogP contribution in [0.1, 0.15) is 12.0 Å². The summed E-state index contributed by atoms with van der Waals surface area (Å²) in [6.45, 7) is 5.17. The number of fused-ring (bicyclic) bond motifs is 1. The summed E-state index contributed by atoms with van der Waals surface area (Å²) in [6.07, 6.45) is 5.39. The van der Waals surface area contributed by atoms with E-state index in [-0.39, 0.29) is 6.03 Å². The molecule has 2 aliphatic heterocycles. The quantitative estimate of drug-likeness (QED) is 0.686. The zero-order valence-corrected chi connectivity index (χ0v) is 16.4. The zero-order valence-electron chi connectivity index (χ0n) is 16.4. The van der Waals surface area contributed by atoms with Crippen LogP contribution in [-0.4, -0.2) is 80.3 Å². The number of aromatic amines is 1. The Morgan fingerprint density at radius 3 is 2.86 bits per heavy atom. The van der Waals surface area contributed by atoms with Crippen molar-refractivity contribution in [3.8, 4) is 11.4 Å². The van der Waals surface area contributed by atoms with Gasteiger partial charge in [0.25, 0.3) is 0 Å². The first kappa shape index (κ1) is 17.9. The average Bonchev–Trinajstić information content (AvgIpc) is 3.46. The minimum absolute atomic E-state index is 0.0606. The predicted octanol–water partition coefficient (Wildman–Crippen LogP) is 1.47.